The molecule has 4 heteroatoms. The van der Waals surface area contributed by atoms with Crippen molar-refractivity contribution >= 4 is 17.2 Å². The summed E-state index contributed by atoms with van der Waals surface area (Å²) in [5.41, 5.74) is 1.84. The van der Waals surface area contributed by atoms with E-state index in [0.29, 0.717) is 19.1 Å². The van der Waals surface area contributed by atoms with Crippen molar-refractivity contribution in [2.24, 2.45) is 5.92 Å². The Hall–Kier alpha value is -1.03. The lowest BCUT2D eigenvalue weighted by Crippen LogP contribution is -2.24. The molecule has 0 radical (unpaired) electrons. The van der Waals surface area contributed by atoms with Gasteiger partial charge in [0.25, 0.3) is 5.91 Å². The lowest BCUT2D eigenvalue weighted by molar-refractivity contribution is 0.0956. The van der Waals surface area contributed by atoms with Crippen LogP contribution in [0.25, 0.3) is 0 Å². The summed E-state index contributed by atoms with van der Waals surface area (Å²) in [6, 6.07) is 0. The van der Waals surface area contributed by atoms with Crippen molar-refractivity contribution in [1.82, 2.24) is 5.32 Å². The van der Waals surface area contributed by atoms with Gasteiger partial charge in [-0.25, -0.2) is 0 Å². The molecule has 1 amide bonds. The highest BCUT2D eigenvalue weighted by Crippen LogP contribution is 2.37. The quantitative estimate of drug-likeness (QED) is 0.860. The molecule has 1 aliphatic rings. The highest BCUT2D eigenvalue weighted by molar-refractivity contribution is 7.14. The Morgan fingerprint density at radius 2 is 2.25 bits per heavy atom. The number of carbonyl (C=O) groups excluding carboxylic acids is 1. The number of ether oxygens (including phenoxy) is 1. The molecule has 88 valence electrons. The molecule has 0 bridgehead atoms. The molecule has 1 N–H and O–H groups in total. The van der Waals surface area contributed by atoms with Crippen LogP contribution in [0.2, 0.25) is 0 Å². The predicted octanol–water partition coefficient (Wildman–Crippen LogP) is 2.38. The van der Waals surface area contributed by atoms with Crippen molar-refractivity contribution < 1.29 is 9.53 Å². The lowest BCUT2D eigenvalue weighted by atomic mass is 10.0. The molecule has 0 spiro atoms. The lowest BCUT2D eigenvalue weighted by Gasteiger charge is -2.04. The first-order valence-corrected chi connectivity index (χ1v) is 6.44. The zero-order valence-corrected chi connectivity index (χ0v) is 10.7. The molecule has 2 rings (SSSR count). The zero-order chi connectivity index (χ0) is 11.7. The Kier molecular flexibility index (Phi) is 3.19. The summed E-state index contributed by atoms with van der Waals surface area (Å²) in [5, 5.41) is 3.65. The molecule has 1 aromatic heterocycles. The van der Waals surface area contributed by atoms with Crippen LogP contribution in [0.5, 0.6) is 5.06 Å². The molecule has 0 saturated carbocycles. The molecule has 0 atom stereocenters. The van der Waals surface area contributed by atoms with E-state index in [9.17, 15) is 4.79 Å². The number of rotatable bonds is 2. The van der Waals surface area contributed by atoms with Crippen LogP contribution in [0.1, 0.15) is 34.6 Å². The van der Waals surface area contributed by atoms with E-state index in [0.717, 1.165) is 22.6 Å². The smallest absolute Gasteiger partial charge is 0.256 e. The van der Waals surface area contributed by atoms with Crippen LogP contribution in [0.3, 0.4) is 0 Å². The molecular weight excluding hydrogens is 222 g/mol. The fourth-order valence-corrected chi connectivity index (χ4v) is 3.24. The van der Waals surface area contributed by atoms with Crippen LogP contribution in [0, 0.1) is 12.8 Å². The summed E-state index contributed by atoms with van der Waals surface area (Å²) in [7, 11) is 0. The standard InChI is InChI=1S/C12H17NO2S/c1-7(2)6-9-8(3)10-11(14)13-4-5-15-12(10)16-9/h7H,4-6H2,1-3H3,(H,13,14). The number of fused-ring (bicyclic) bond motifs is 1. The monoisotopic (exact) mass is 239 g/mol. The van der Waals surface area contributed by atoms with E-state index in [2.05, 4.69) is 19.2 Å². The second-order valence-electron chi connectivity index (χ2n) is 4.52. The van der Waals surface area contributed by atoms with E-state index in [-0.39, 0.29) is 5.91 Å². The van der Waals surface area contributed by atoms with Crippen LogP contribution in [-0.2, 0) is 6.42 Å². The first-order chi connectivity index (χ1) is 7.59. The largest absolute Gasteiger partial charge is 0.481 e. The van der Waals surface area contributed by atoms with E-state index < -0.39 is 0 Å². The molecule has 1 aliphatic heterocycles. The maximum absolute atomic E-state index is 11.8. The predicted molar refractivity (Wildman–Crippen MR) is 65.4 cm³/mol. The molecule has 3 nitrogen and oxygen atoms in total. The average Bonchev–Trinajstić information content (AvgIpc) is 2.40. The number of thiophene rings is 1. The summed E-state index contributed by atoms with van der Waals surface area (Å²) in [6.45, 7) is 7.55. The van der Waals surface area contributed by atoms with Crippen LogP contribution in [-0.4, -0.2) is 19.1 Å². The Morgan fingerprint density at radius 1 is 1.50 bits per heavy atom. The Morgan fingerprint density at radius 3 is 2.94 bits per heavy atom. The van der Waals surface area contributed by atoms with Crippen molar-refractivity contribution in [1.29, 1.82) is 0 Å². The summed E-state index contributed by atoms with van der Waals surface area (Å²) < 4.78 is 5.60. The average molecular weight is 239 g/mol. The van der Waals surface area contributed by atoms with Crippen molar-refractivity contribution in [3.05, 3.63) is 16.0 Å². The Balaban J connectivity index is 2.39. The number of hydrogen-bond acceptors (Lipinski definition) is 3. The van der Waals surface area contributed by atoms with Gasteiger partial charge in [0, 0.05) is 4.88 Å². The van der Waals surface area contributed by atoms with E-state index in [1.807, 2.05) is 6.92 Å². The van der Waals surface area contributed by atoms with E-state index in [1.165, 1.54) is 4.88 Å². The van der Waals surface area contributed by atoms with Gasteiger partial charge < -0.3 is 10.1 Å². The third-order valence-corrected chi connectivity index (χ3v) is 3.88. The van der Waals surface area contributed by atoms with Crippen LogP contribution in [0.15, 0.2) is 0 Å². The van der Waals surface area contributed by atoms with Gasteiger partial charge >= 0.3 is 0 Å². The highest BCUT2D eigenvalue weighted by Gasteiger charge is 2.24. The maximum Gasteiger partial charge on any atom is 0.256 e. The van der Waals surface area contributed by atoms with E-state index in [4.69, 9.17) is 4.74 Å². The van der Waals surface area contributed by atoms with Crippen LogP contribution >= 0.6 is 11.3 Å². The second kappa shape index (κ2) is 4.45. The van der Waals surface area contributed by atoms with Gasteiger partial charge in [-0.3, -0.25) is 4.79 Å². The number of amides is 1. The molecular formula is C12H17NO2S. The van der Waals surface area contributed by atoms with Gasteiger partial charge in [0.05, 0.1) is 12.1 Å². The third-order valence-electron chi connectivity index (χ3n) is 2.65. The van der Waals surface area contributed by atoms with Crippen molar-refractivity contribution in [3.8, 4) is 5.06 Å². The molecule has 0 aromatic carbocycles. The molecule has 2 heterocycles. The minimum absolute atomic E-state index is 0.0104. The summed E-state index contributed by atoms with van der Waals surface area (Å²) in [5.74, 6) is 0.611. The second-order valence-corrected chi connectivity index (χ2v) is 5.58. The molecule has 0 saturated heterocycles. The van der Waals surface area contributed by atoms with Gasteiger partial charge in [0.1, 0.15) is 6.61 Å². The first-order valence-electron chi connectivity index (χ1n) is 5.63. The summed E-state index contributed by atoms with van der Waals surface area (Å²) in [6.07, 6.45) is 1.01. The number of carbonyl (C=O) groups is 1. The molecule has 0 fully saturated rings. The minimum Gasteiger partial charge on any atom is -0.481 e. The highest BCUT2D eigenvalue weighted by atomic mass is 32.1. The first kappa shape index (κ1) is 11.5. The molecule has 0 aliphatic carbocycles. The van der Waals surface area contributed by atoms with Crippen LogP contribution in [0.4, 0.5) is 0 Å². The normalized spacial score (nSPS) is 15.4. The van der Waals surface area contributed by atoms with Gasteiger partial charge in [0.15, 0.2) is 5.06 Å². The molecule has 1 aromatic rings. The summed E-state index contributed by atoms with van der Waals surface area (Å²) in [4.78, 5) is 13.1. The topological polar surface area (TPSA) is 38.3 Å². The number of nitrogens with one attached hydrogen (secondary N) is 1. The Bertz CT molecular complexity index is 409. The zero-order valence-electron chi connectivity index (χ0n) is 9.92. The fraction of sp³-hybridized carbons (Fsp3) is 0.583. The van der Waals surface area contributed by atoms with Gasteiger partial charge in [0.2, 0.25) is 0 Å². The Labute approximate surface area is 99.8 Å². The minimum atomic E-state index is 0.0104. The molecule has 0 unspecified atom stereocenters. The van der Waals surface area contributed by atoms with Gasteiger partial charge in [-0.05, 0) is 24.8 Å². The van der Waals surface area contributed by atoms with Crippen LogP contribution < -0.4 is 10.1 Å². The summed E-state index contributed by atoms with van der Waals surface area (Å²) >= 11 is 1.62. The van der Waals surface area contributed by atoms with Crippen molar-refractivity contribution in [3.63, 3.8) is 0 Å². The fourth-order valence-electron chi connectivity index (χ4n) is 1.86. The van der Waals surface area contributed by atoms with Gasteiger partial charge in [-0.1, -0.05) is 13.8 Å². The van der Waals surface area contributed by atoms with Gasteiger partial charge in [-0.2, -0.15) is 0 Å². The van der Waals surface area contributed by atoms with E-state index >= 15 is 0 Å². The van der Waals surface area contributed by atoms with Gasteiger partial charge in [-0.15, -0.1) is 11.3 Å². The van der Waals surface area contributed by atoms with Crippen molar-refractivity contribution in [2.75, 3.05) is 13.2 Å². The third kappa shape index (κ3) is 2.07. The van der Waals surface area contributed by atoms with Crippen molar-refractivity contribution in [2.45, 2.75) is 27.2 Å². The maximum atomic E-state index is 11.8. The number of hydrogen-bond donors (Lipinski definition) is 1. The SMILES string of the molecule is Cc1c(CC(C)C)sc2c1C(=O)NCCO2. The molecule has 16 heavy (non-hydrogen) atoms. The van der Waals surface area contributed by atoms with E-state index in [1.54, 1.807) is 11.3 Å².